The standard InChI is InChI=1S/C14H22ClN3O2S/c1-11(18-8-3-2-4-9-18)10-17-21(19,20)14-12(15)6-5-7-13(14)16/h5-7,11,17H,2-4,8-10,16H2,1H3. The van der Waals surface area contributed by atoms with Gasteiger partial charge in [-0.1, -0.05) is 24.1 Å². The molecular weight excluding hydrogens is 310 g/mol. The molecule has 118 valence electrons. The normalized spacial score (nSPS) is 18.6. The highest BCUT2D eigenvalue weighted by Crippen LogP contribution is 2.26. The number of hydrogen-bond donors (Lipinski definition) is 2. The van der Waals surface area contributed by atoms with Crippen LogP contribution in [0.1, 0.15) is 26.2 Å². The van der Waals surface area contributed by atoms with Crippen molar-refractivity contribution >= 4 is 27.3 Å². The summed E-state index contributed by atoms with van der Waals surface area (Å²) in [5.41, 5.74) is 5.91. The van der Waals surface area contributed by atoms with Gasteiger partial charge in [0.1, 0.15) is 4.90 Å². The van der Waals surface area contributed by atoms with Gasteiger partial charge in [-0.25, -0.2) is 13.1 Å². The molecule has 1 unspecified atom stereocenters. The Morgan fingerprint density at radius 2 is 2.00 bits per heavy atom. The van der Waals surface area contributed by atoms with Gasteiger partial charge in [-0.3, -0.25) is 4.90 Å². The van der Waals surface area contributed by atoms with Crippen molar-refractivity contribution in [2.45, 2.75) is 37.1 Å². The Kier molecular flexibility index (Phi) is 5.48. The van der Waals surface area contributed by atoms with Gasteiger partial charge in [0.15, 0.2) is 0 Å². The molecule has 0 spiro atoms. The van der Waals surface area contributed by atoms with Crippen molar-refractivity contribution in [1.29, 1.82) is 0 Å². The van der Waals surface area contributed by atoms with Crippen LogP contribution >= 0.6 is 11.6 Å². The smallest absolute Gasteiger partial charge is 0.244 e. The zero-order valence-electron chi connectivity index (χ0n) is 12.2. The van der Waals surface area contributed by atoms with E-state index in [4.69, 9.17) is 17.3 Å². The Balaban J connectivity index is 2.04. The van der Waals surface area contributed by atoms with Gasteiger partial charge in [-0.15, -0.1) is 0 Å². The van der Waals surface area contributed by atoms with E-state index in [-0.39, 0.29) is 21.6 Å². The Morgan fingerprint density at radius 1 is 1.33 bits per heavy atom. The SMILES string of the molecule is CC(CNS(=O)(=O)c1c(N)cccc1Cl)N1CCCCC1. The monoisotopic (exact) mass is 331 g/mol. The molecule has 1 aliphatic heterocycles. The number of halogens is 1. The van der Waals surface area contributed by atoms with Crippen LogP contribution in [0.25, 0.3) is 0 Å². The van der Waals surface area contributed by atoms with Crippen LogP contribution in [0.2, 0.25) is 5.02 Å². The van der Waals surface area contributed by atoms with E-state index in [0.29, 0.717) is 6.54 Å². The Hall–Kier alpha value is -0.820. The fourth-order valence-corrected chi connectivity index (χ4v) is 4.39. The lowest BCUT2D eigenvalue weighted by atomic mass is 10.1. The summed E-state index contributed by atoms with van der Waals surface area (Å²) in [5.74, 6) is 0. The Bertz CT molecular complexity index is 566. The minimum absolute atomic E-state index is 0.0301. The number of likely N-dealkylation sites (tertiary alicyclic amines) is 1. The summed E-state index contributed by atoms with van der Waals surface area (Å²) in [5, 5.41) is 0.146. The molecule has 1 aromatic carbocycles. The third kappa shape index (κ3) is 4.10. The van der Waals surface area contributed by atoms with Crippen LogP contribution in [0.5, 0.6) is 0 Å². The molecule has 0 bridgehead atoms. The average molecular weight is 332 g/mol. The van der Waals surface area contributed by atoms with Crippen LogP contribution in [0.4, 0.5) is 5.69 Å². The van der Waals surface area contributed by atoms with E-state index < -0.39 is 10.0 Å². The molecule has 0 radical (unpaired) electrons. The predicted molar refractivity (Wildman–Crippen MR) is 85.9 cm³/mol. The first-order chi connectivity index (χ1) is 9.92. The van der Waals surface area contributed by atoms with Crippen molar-refractivity contribution in [2.24, 2.45) is 0 Å². The van der Waals surface area contributed by atoms with E-state index in [1.54, 1.807) is 6.07 Å². The minimum atomic E-state index is -3.69. The van der Waals surface area contributed by atoms with Gasteiger partial charge in [0.25, 0.3) is 0 Å². The van der Waals surface area contributed by atoms with E-state index in [1.807, 2.05) is 6.92 Å². The summed E-state index contributed by atoms with van der Waals surface area (Å²) >= 11 is 5.97. The van der Waals surface area contributed by atoms with E-state index in [0.717, 1.165) is 13.1 Å². The lowest BCUT2D eigenvalue weighted by Crippen LogP contribution is -2.44. The molecule has 21 heavy (non-hydrogen) atoms. The quantitative estimate of drug-likeness (QED) is 0.810. The summed E-state index contributed by atoms with van der Waals surface area (Å²) in [6.45, 7) is 4.44. The molecule has 0 saturated carbocycles. The van der Waals surface area contributed by atoms with Crippen molar-refractivity contribution in [2.75, 3.05) is 25.4 Å². The molecular formula is C14H22ClN3O2S. The van der Waals surface area contributed by atoms with Gasteiger partial charge in [0.2, 0.25) is 10.0 Å². The molecule has 1 fully saturated rings. The van der Waals surface area contributed by atoms with E-state index >= 15 is 0 Å². The predicted octanol–water partition coefficient (Wildman–Crippen LogP) is 2.07. The van der Waals surface area contributed by atoms with Crippen molar-refractivity contribution in [1.82, 2.24) is 9.62 Å². The molecule has 0 aliphatic carbocycles. The molecule has 5 nitrogen and oxygen atoms in total. The maximum atomic E-state index is 12.4. The van der Waals surface area contributed by atoms with Gasteiger partial charge in [-0.05, 0) is 45.0 Å². The molecule has 2 rings (SSSR count). The summed E-state index contributed by atoms with van der Waals surface area (Å²) in [4.78, 5) is 2.28. The molecule has 7 heteroatoms. The number of nitrogens with two attached hydrogens (primary N) is 1. The molecule has 3 N–H and O–H groups in total. The summed E-state index contributed by atoms with van der Waals surface area (Å²) < 4.78 is 27.4. The van der Waals surface area contributed by atoms with Crippen LogP contribution in [0.3, 0.4) is 0 Å². The van der Waals surface area contributed by atoms with E-state index in [9.17, 15) is 8.42 Å². The number of anilines is 1. The van der Waals surface area contributed by atoms with Crippen molar-refractivity contribution in [3.05, 3.63) is 23.2 Å². The van der Waals surface area contributed by atoms with Crippen LogP contribution in [0, 0.1) is 0 Å². The maximum Gasteiger partial charge on any atom is 0.244 e. The number of hydrogen-bond acceptors (Lipinski definition) is 4. The minimum Gasteiger partial charge on any atom is -0.398 e. The first kappa shape index (κ1) is 16.5. The second-order valence-electron chi connectivity index (χ2n) is 5.46. The number of piperidine rings is 1. The fourth-order valence-electron chi connectivity index (χ4n) is 2.60. The second kappa shape index (κ2) is 6.96. The van der Waals surface area contributed by atoms with Crippen LogP contribution in [0.15, 0.2) is 23.1 Å². The highest BCUT2D eigenvalue weighted by atomic mass is 35.5. The Labute approximate surface area is 131 Å². The van der Waals surface area contributed by atoms with Crippen LogP contribution in [-0.4, -0.2) is 39.0 Å². The zero-order valence-corrected chi connectivity index (χ0v) is 13.8. The topological polar surface area (TPSA) is 75.4 Å². The van der Waals surface area contributed by atoms with Crippen LogP contribution in [-0.2, 0) is 10.0 Å². The molecule has 1 heterocycles. The van der Waals surface area contributed by atoms with Crippen molar-refractivity contribution in [3.8, 4) is 0 Å². The lowest BCUT2D eigenvalue weighted by molar-refractivity contribution is 0.175. The first-order valence-corrected chi connectivity index (χ1v) is 9.05. The van der Waals surface area contributed by atoms with Gasteiger partial charge in [0.05, 0.1) is 10.7 Å². The zero-order chi connectivity index (χ0) is 15.5. The fraction of sp³-hybridized carbons (Fsp3) is 0.571. The number of nitrogen functional groups attached to an aromatic ring is 1. The average Bonchev–Trinajstić information content (AvgIpc) is 2.45. The van der Waals surface area contributed by atoms with Crippen LogP contribution < -0.4 is 10.5 Å². The van der Waals surface area contributed by atoms with E-state index in [1.165, 1.54) is 31.4 Å². The highest BCUT2D eigenvalue weighted by molar-refractivity contribution is 7.89. The number of nitrogens with one attached hydrogen (secondary N) is 1. The van der Waals surface area contributed by atoms with Gasteiger partial charge in [-0.2, -0.15) is 0 Å². The molecule has 1 saturated heterocycles. The maximum absolute atomic E-state index is 12.4. The molecule has 1 atom stereocenters. The Morgan fingerprint density at radius 3 is 2.62 bits per heavy atom. The molecule has 0 amide bonds. The van der Waals surface area contributed by atoms with Gasteiger partial charge < -0.3 is 5.73 Å². The second-order valence-corrected chi connectivity index (χ2v) is 7.57. The van der Waals surface area contributed by atoms with Gasteiger partial charge in [0, 0.05) is 12.6 Å². The number of nitrogens with zero attached hydrogens (tertiary/aromatic N) is 1. The largest absolute Gasteiger partial charge is 0.398 e. The third-order valence-electron chi connectivity index (χ3n) is 3.85. The molecule has 1 aliphatic rings. The highest BCUT2D eigenvalue weighted by Gasteiger charge is 2.23. The number of benzene rings is 1. The number of rotatable bonds is 5. The van der Waals surface area contributed by atoms with E-state index in [2.05, 4.69) is 9.62 Å². The summed E-state index contributed by atoms with van der Waals surface area (Å²) in [6, 6.07) is 4.85. The lowest BCUT2D eigenvalue weighted by Gasteiger charge is -2.32. The van der Waals surface area contributed by atoms with Gasteiger partial charge >= 0.3 is 0 Å². The summed E-state index contributed by atoms with van der Waals surface area (Å²) in [7, 11) is -3.69. The first-order valence-electron chi connectivity index (χ1n) is 7.19. The van der Waals surface area contributed by atoms with Crippen molar-refractivity contribution < 1.29 is 8.42 Å². The molecule has 1 aromatic rings. The third-order valence-corrected chi connectivity index (χ3v) is 5.82. The number of sulfonamides is 1. The molecule has 0 aromatic heterocycles. The summed E-state index contributed by atoms with van der Waals surface area (Å²) in [6.07, 6.45) is 3.61. The van der Waals surface area contributed by atoms with Crippen molar-refractivity contribution in [3.63, 3.8) is 0 Å².